The lowest BCUT2D eigenvalue weighted by Crippen LogP contribution is -2.44. The highest BCUT2D eigenvalue weighted by Crippen LogP contribution is 2.37. The van der Waals surface area contributed by atoms with Gasteiger partial charge in [-0.15, -0.1) is 0 Å². The van der Waals surface area contributed by atoms with Crippen LogP contribution in [0.2, 0.25) is 0 Å². The topological polar surface area (TPSA) is 153 Å². The summed E-state index contributed by atoms with van der Waals surface area (Å²) in [4.78, 5) is 29.3. The van der Waals surface area contributed by atoms with Gasteiger partial charge in [0.25, 0.3) is 0 Å². The highest BCUT2D eigenvalue weighted by Gasteiger charge is 2.47. The molecule has 2 rings (SSSR count). The quantitative estimate of drug-likeness (QED) is 0.101. The Labute approximate surface area is 275 Å². The number of aliphatic hydroxyl groups excluding tert-OH is 2. The zero-order valence-electron chi connectivity index (χ0n) is 29.4. The zero-order chi connectivity index (χ0) is 34.8. The molecule has 0 spiro atoms. The lowest BCUT2D eigenvalue weighted by molar-refractivity contribution is -0.151. The van der Waals surface area contributed by atoms with E-state index in [2.05, 4.69) is 0 Å². The summed E-state index contributed by atoms with van der Waals surface area (Å²) in [7, 11) is 5.58. The third-order valence-electron chi connectivity index (χ3n) is 9.01. The molecule has 4 N–H and O–H groups in total. The monoisotopic (exact) mass is 652 g/mol. The maximum Gasteiger partial charge on any atom is 0.410 e. The van der Waals surface area contributed by atoms with Crippen LogP contribution in [-0.2, 0) is 19.0 Å². The Hall–Kier alpha value is -2.28. The summed E-state index contributed by atoms with van der Waals surface area (Å²) in [5, 5.41) is 43.0. The minimum Gasteiger partial charge on any atom is -0.457 e. The summed E-state index contributed by atoms with van der Waals surface area (Å²) in [6.07, 6.45) is 6.29. The normalized spacial score (nSPS) is 32.2. The lowest BCUT2D eigenvalue weighted by Gasteiger charge is -2.33. The van der Waals surface area contributed by atoms with Crippen molar-refractivity contribution in [3.05, 3.63) is 36.0 Å². The number of epoxide rings is 1. The first kappa shape index (κ1) is 39.9. The van der Waals surface area contributed by atoms with Gasteiger partial charge in [0.1, 0.15) is 11.7 Å². The van der Waals surface area contributed by atoms with Crippen molar-refractivity contribution < 1.29 is 44.2 Å². The fourth-order valence-corrected chi connectivity index (χ4v) is 5.72. The fraction of sp³-hybridized carbons (Fsp3) is 0.771. The Bertz CT molecular complexity index is 1070. The highest BCUT2D eigenvalue weighted by atomic mass is 16.6. The molecule has 0 aliphatic carbocycles. The molecule has 0 aromatic rings. The van der Waals surface area contributed by atoms with Crippen LogP contribution >= 0.6 is 0 Å². The van der Waals surface area contributed by atoms with Crippen molar-refractivity contribution in [1.29, 1.82) is 0 Å². The van der Waals surface area contributed by atoms with Gasteiger partial charge in [0.15, 0.2) is 6.10 Å². The van der Waals surface area contributed by atoms with Gasteiger partial charge in [-0.25, -0.2) is 4.79 Å². The number of amides is 1. The number of cyclic esters (lactones) is 1. The molecule has 0 aromatic carbocycles. The van der Waals surface area contributed by atoms with Gasteiger partial charge in [-0.05, 0) is 78.7 Å². The van der Waals surface area contributed by atoms with Crippen molar-refractivity contribution >= 4 is 12.1 Å². The molecule has 2 aliphatic rings. The molecule has 11 nitrogen and oxygen atoms in total. The Balaban J connectivity index is 2.20. The van der Waals surface area contributed by atoms with E-state index in [9.17, 15) is 30.0 Å². The van der Waals surface area contributed by atoms with Gasteiger partial charge in [-0.1, -0.05) is 45.1 Å². The number of carbonyl (C=O) groups excluding carboxylic acids is 2. The van der Waals surface area contributed by atoms with Crippen molar-refractivity contribution in [2.75, 3.05) is 34.2 Å². The van der Waals surface area contributed by atoms with E-state index in [-0.39, 0.29) is 43.3 Å². The van der Waals surface area contributed by atoms with Crippen molar-refractivity contribution in [2.45, 2.75) is 128 Å². The van der Waals surface area contributed by atoms with Crippen LogP contribution in [0.25, 0.3) is 0 Å². The van der Waals surface area contributed by atoms with Crippen molar-refractivity contribution in [3.63, 3.8) is 0 Å². The summed E-state index contributed by atoms with van der Waals surface area (Å²) in [6.45, 7) is 12.1. The predicted octanol–water partition coefficient (Wildman–Crippen LogP) is 3.59. The molecule has 1 saturated heterocycles. The molecule has 11 heteroatoms. The summed E-state index contributed by atoms with van der Waals surface area (Å²) in [5.41, 5.74) is -1.95. The van der Waals surface area contributed by atoms with Gasteiger partial charge >= 0.3 is 12.1 Å². The van der Waals surface area contributed by atoms with E-state index in [1.165, 1.54) is 4.90 Å². The number of esters is 1. The number of allylic oxidation sites excluding steroid dienone is 2. The summed E-state index contributed by atoms with van der Waals surface area (Å²) >= 11 is 0. The molecule has 10 atom stereocenters. The average molecular weight is 653 g/mol. The van der Waals surface area contributed by atoms with E-state index in [0.717, 1.165) is 13.0 Å². The minimum absolute atomic E-state index is 0.0124. The first-order valence-electron chi connectivity index (χ1n) is 16.6. The molecule has 0 radical (unpaired) electrons. The summed E-state index contributed by atoms with van der Waals surface area (Å²) in [5.74, 6) is -0.960. The lowest BCUT2D eigenvalue weighted by atomic mass is 9.88. The van der Waals surface area contributed by atoms with Crippen LogP contribution in [0.5, 0.6) is 0 Å². The van der Waals surface area contributed by atoms with Crippen LogP contribution in [0.1, 0.15) is 80.1 Å². The third kappa shape index (κ3) is 13.1. The van der Waals surface area contributed by atoms with Gasteiger partial charge in [0.2, 0.25) is 0 Å². The Morgan fingerprint density at radius 3 is 2.57 bits per heavy atom. The molecule has 2 aliphatic heterocycles. The van der Waals surface area contributed by atoms with E-state index in [1.54, 1.807) is 51.3 Å². The average Bonchev–Trinajstić information content (AvgIpc) is 3.72. The first-order valence-corrected chi connectivity index (χ1v) is 16.6. The van der Waals surface area contributed by atoms with Crippen LogP contribution in [0.3, 0.4) is 0 Å². The van der Waals surface area contributed by atoms with E-state index in [0.29, 0.717) is 25.0 Å². The van der Waals surface area contributed by atoms with Crippen LogP contribution in [-0.4, -0.2) is 124 Å². The molecule has 1 amide bonds. The van der Waals surface area contributed by atoms with E-state index in [4.69, 9.17) is 14.2 Å². The van der Waals surface area contributed by atoms with E-state index >= 15 is 0 Å². The Kier molecular flexibility index (Phi) is 15.4. The maximum absolute atomic E-state index is 12.9. The van der Waals surface area contributed by atoms with Crippen molar-refractivity contribution in [1.82, 2.24) is 9.80 Å². The zero-order valence-corrected chi connectivity index (χ0v) is 29.4. The molecule has 1 fully saturated rings. The van der Waals surface area contributed by atoms with Crippen LogP contribution in [0, 0.1) is 11.8 Å². The molecule has 0 saturated carbocycles. The Morgan fingerprint density at radius 1 is 1.26 bits per heavy atom. The molecule has 10 unspecified atom stereocenters. The van der Waals surface area contributed by atoms with Crippen LogP contribution in [0.15, 0.2) is 36.0 Å². The molecule has 46 heavy (non-hydrogen) atoms. The standard InChI is InChI=1S/C35H60N2O9/c1-10-27(39)25(4)32-28(44-32)22-34(5,42)17-11-13-23(2)31-24(3)14-15-29(45-33(41)37(9)20-12-19-36(7)8)35(6,43)18-16-26(38)21-30(40)46-31/h11,13-15,17,24-29,31-32,38-39,42-43H,10,12,16,18-22H2,1-9H3. The number of aliphatic hydroxyl groups is 4. The summed E-state index contributed by atoms with van der Waals surface area (Å²) < 4.78 is 17.3. The second kappa shape index (κ2) is 17.8. The number of hydrogen-bond acceptors (Lipinski definition) is 10. The SMILES string of the molecule is CCC(O)C(C)C1OC1CC(C)(O)C=CC=C(C)C1OC(=O)CC(O)CCC(C)(O)C(OC(=O)N(C)CCCN(C)C)C=CC1C. The molecular formula is C35H60N2O9. The van der Waals surface area contributed by atoms with E-state index < -0.39 is 47.7 Å². The maximum atomic E-state index is 12.9. The second-order valence-corrected chi connectivity index (χ2v) is 14.1. The number of hydrogen-bond donors (Lipinski definition) is 4. The van der Waals surface area contributed by atoms with Crippen molar-refractivity contribution in [3.8, 4) is 0 Å². The smallest absolute Gasteiger partial charge is 0.410 e. The number of rotatable bonds is 13. The van der Waals surface area contributed by atoms with Gasteiger partial charge in [-0.2, -0.15) is 0 Å². The second-order valence-electron chi connectivity index (χ2n) is 14.1. The third-order valence-corrected chi connectivity index (χ3v) is 9.01. The minimum atomic E-state index is -1.49. The molecular weight excluding hydrogens is 592 g/mol. The van der Waals surface area contributed by atoms with Gasteiger partial charge < -0.3 is 44.4 Å². The first-order chi connectivity index (χ1) is 21.4. The van der Waals surface area contributed by atoms with Crippen LogP contribution in [0.4, 0.5) is 4.79 Å². The molecule has 0 aromatic heterocycles. The predicted molar refractivity (Wildman–Crippen MR) is 177 cm³/mol. The molecule has 0 bridgehead atoms. The fourth-order valence-electron chi connectivity index (χ4n) is 5.72. The molecule has 2 heterocycles. The molecule has 264 valence electrons. The largest absolute Gasteiger partial charge is 0.457 e. The Morgan fingerprint density at radius 2 is 1.93 bits per heavy atom. The van der Waals surface area contributed by atoms with E-state index in [1.807, 2.05) is 46.7 Å². The van der Waals surface area contributed by atoms with Crippen LogP contribution < -0.4 is 0 Å². The summed E-state index contributed by atoms with van der Waals surface area (Å²) in [6, 6.07) is 0. The highest BCUT2D eigenvalue weighted by molar-refractivity contribution is 5.70. The number of carbonyl (C=O) groups is 2. The van der Waals surface area contributed by atoms with Gasteiger partial charge in [-0.3, -0.25) is 4.79 Å². The van der Waals surface area contributed by atoms with Crippen molar-refractivity contribution in [2.24, 2.45) is 11.8 Å². The van der Waals surface area contributed by atoms with Gasteiger partial charge in [0.05, 0.1) is 36.4 Å². The number of nitrogens with zero attached hydrogens (tertiary/aromatic N) is 2. The van der Waals surface area contributed by atoms with Gasteiger partial charge in [0, 0.05) is 31.8 Å². The number of ether oxygens (including phenoxy) is 3.